The third-order valence-electron chi connectivity index (χ3n) is 8.25. The van der Waals surface area contributed by atoms with Gasteiger partial charge < -0.3 is 0 Å². The van der Waals surface area contributed by atoms with E-state index in [9.17, 15) is 4.79 Å². The van der Waals surface area contributed by atoms with Crippen LogP contribution in [-0.4, -0.2) is 10.6 Å². The SMILES string of the molecule is C[C@]12CCCCC1[C@@H](Br)C[C@@H]1[C@@H]2CC[C@]2(C)C(=O)CC[C@@H]12. The van der Waals surface area contributed by atoms with Gasteiger partial charge in [-0.1, -0.05) is 42.6 Å². The number of alkyl halides is 1. The van der Waals surface area contributed by atoms with Crippen molar-refractivity contribution in [1.82, 2.24) is 0 Å². The first-order valence-electron chi connectivity index (χ1n) is 9.14. The Kier molecular flexibility index (Phi) is 3.38. The predicted molar refractivity (Wildman–Crippen MR) is 89.4 cm³/mol. The van der Waals surface area contributed by atoms with Crippen LogP contribution in [0.3, 0.4) is 0 Å². The number of halogens is 1. The molecule has 4 fully saturated rings. The van der Waals surface area contributed by atoms with Gasteiger partial charge in [-0.15, -0.1) is 0 Å². The molecule has 1 unspecified atom stereocenters. The molecular formula is C19H29BrO. The summed E-state index contributed by atoms with van der Waals surface area (Å²) < 4.78 is 0. The molecule has 0 aromatic rings. The molecule has 0 aromatic carbocycles. The lowest BCUT2D eigenvalue weighted by Gasteiger charge is -2.61. The minimum atomic E-state index is 0.0335. The molecule has 2 heteroatoms. The van der Waals surface area contributed by atoms with Crippen LogP contribution in [0.1, 0.15) is 71.6 Å². The van der Waals surface area contributed by atoms with E-state index in [0.717, 1.165) is 24.2 Å². The zero-order valence-electron chi connectivity index (χ0n) is 13.5. The monoisotopic (exact) mass is 352 g/mol. The van der Waals surface area contributed by atoms with Gasteiger partial charge in [0, 0.05) is 16.7 Å². The van der Waals surface area contributed by atoms with Gasteiger partial charge in [0.05, 0.1) is 0 Å². The van der Waals surface area contributed by atoms with Crippen molar-refractivity contribution in [2.24, 2.45) is 34.5 Å². The first-order valence-corrected chi connectivity index (χ1v) is 10.1. The van der Waals surface area contributed by atoms with Crippen molar-refractivity contribution in [3.8, 4) is 0 Å². The third kappa shape index (κ3) is 1.90. The summed E-state index contributed by atoms with van der Waals surface area (Å²) in [7, 11) is 0. The average Bonchev–Trinajstić information content (AvgIpc) is 2.75. The largest absolute Gasteiger partial charge is 0.299 e. The van der Waals surface area contributed by atoms with Gasteiger partial charge in [-0.25, -0.2) is 0 Å². The second-order valence-electron chi connectivity index (χ2n) is 8.90. The number of fused-ring (bicyclic) bond motifs is 5. The Labute approximate surface area is 137 Å². The van der Waals surface area contributed by atoms with E-state index in [-0.39, 0.29) is 5.41 Å². The van der Waals surface area contributed by atoms with Crippen LogP contribution >= 0.6 is 15.9 Å². The Morgan fingerprint density at radius 2 is 1.81 bits per heavy atom. The molecule has 0 radical (unpaired) electrons. The van der Waals surface area contributed by atoms with Crippen molar-refractivity contribution in [3.63, 3.8) is 0 Å². The minimum Gasteiger partial charge on any atom is -0.299 e. The second-order valence-corrected chi connectivity index (χ2v) is 10.1. The van der Waals surface area contributed by atoms with Crippen molar-refractivity contribution in [1.29, 1.82) is 0 Å². The molecule has 118 valence electrons. The number of rotatable bonds is 0. The Morgan fingerprint density at radius 3 is 2.62 bits per heavy atom. The van der Waals surface area contributed by atoms with E-state index in [2.05, 4.69) is 29.8 Å². The molecule has 0 N–H and O–H groups in total. The van der Waals surface area contributed by atoms with E-state index in [1.54, 1.807) is 0 Å². The maximum atomic E-state index is 12.4. The van der Waals surface area contributed by atoms with E-state index in [1.165, 1.54) is 51.4 Å². The summed E-state index contributed by atoms with van der Waals surface area (Å²) in [5, 5.41) is 0. The van der Waals surface area contributed by atoms with Gasteiger partial charge >= 0.3 is 0 Å². The maximum absolute atomic E-state index is 12.4. The van der Waals surface area contributed by atoms with E-state index in [4.69, 9.17) is 0 Å². The highest BCUT2D eigenvalue weighted by Crippen LogP contribution is 2.66. The molecule has 0 aliphatic heterocycles. The lowest BCUT2D eigenvalue weighted by atomic mass is 9.45. The Bertz CT molecular complexity index is 460. The number of carbonyl (C=O) groups is 1. The van der Waals surface area contributed by atoms with Gasteiger partial charge in [-0.05, 0) is 67.6 Å². The van der Waals surface area contributed by atoms with Gasteiger partial charge in [0.15, 0.2) is 0 Å². The molecule has 4 aliphatic carbocycles. The number of ketones is 1. The number of carbonyl (C=O) groups excluding carboxylic acids is 1. The molecule has 4 rings (SSSR count). The Morgan fingerprint density at radius 1 is 1.00 bits per heavy atom. The van der Waals surface area contributed by atoms with Crippen LogP contribution in [0, 0.1) is 34.5 Å². The van der Waals surface area contributed by atoms with Gasteiger partial charge in [0.2, 0.25) is 0 Å². The van der Waals surface area contributed by atoms with E-state index in [1.807, 2.05) is 0 Å². The number of Topliss-reactive ketones (excluding diaryl/α,β-unsaturated/α-hetero) is 1. The molecule has 4 saturated carbocycles. The van der Waals surface area contributed by atoms with Gasteiger partial charge in [0.25, 0.3) is 0 Å². The minimum absolute atomic E-state index is 0.0335. The van der Waals surface area contributed by atoms with Crippen molar-refractivity contribution in [2.75, 3.05) is 0 Å². The van der Waals surface area contributed by atoms with E-state index >= 15 is 0 Å². The lowest BCUT2D eigenvalue weighted by molar-refractivity contribution is -0.137. The molecule has 0 saturated heterocycles. The highest BCUT2D eigenvalue weighted by Gasteiger charge is 2.61. The van der Waals surface area contributed by atoms with Gasteiger partial charge in [0.1, 0.15) is 5.78 Å². The molecule has 0 heterocycles. The van der Waals surface area contributed by atoms with Crippen LogP contribution in [-0.2, 0) is 4.79 Å². The normalized spacial score (nSPS) is 56.5. The topological polar surface area (TPSA) is 17.1 Å². The fraction of sp³-hybridized carbons (Fsp3) is 0.947. The fourth-order valence-corrected chi connectivity index (χ4v) is 8.37. The van der Waals surface area contributed by atoms with Crippen LogP contribution in [0.2, 0.25) is 0 Å². The quantitative estimate of drug-likeness (QED) is 0.536. The van der Waals surface area contributed by atoms with Gasteiger partial charge in [-0.3, -0.25) is 4.79 Å². The molecule has 21 heavy (non-hydrogen) atoms. The van der Waals surface area contributed by atoms with Gasteiger partial charge in [-0.2, -0.15) is 0 Å². The molecule has 0 spiro atoms. The van der Waals surface area contributed by atoms with Crippen LogP contribution < -0.4 is 0 Å². The lowest BCUT2D eigenvalue weighted by Crippen LogP contribution is -2.55. The first-order chi connectivity index (χ1) is 9.97. The molecular weight excluding hydrogens is 324 g/mol. The highest BCUT2D eigenvalue weighted by molar-refractivity contribution is 9.09. The van der Waals surface area contributed by atoms with Crippen molar-refractivity contribution >= 4 is 21.7 Å². The Hall–Kier alpha value is 0.150. The zero-order valence-corrected chi connectivity index (χ0v) is 15.1. The molecule has 0 aromatic heterocycles. The predicted octanol–water partition coefficient (Wildman–Crippen LogP) is 5.36. The van der Waals surface area contributed by atoms with E-state index in [0.29, 0.717) is 21.9 Å². The highest BCUT2D eigenvalue weighted by atomic mass is 79.9. The van der Waals surface area contributed by atoms with Crippen LogP contribution in [0.25, 0.3) is 0 Å². The van der Waals surface area contributed by atoms with Crippen LogP contribution in [0.5, 0.6) is 0 Å². The van der Waals surface area contributed by atoms with Crippen molar-refractivity contribution < 1.29 is 4.79 Å². The Balaban J connectivity index is 1.69. The molecule has 0 amide bonds. The smallest absolute Gasteiger partial charge is 0.139 e. The van der Waals surface area contributed by atoms with Crippen molar-refractivity contribution in [2.45, 2.75) is 76.5 Å². The summed E-state index contributed by atoms with van der Waals surface area (Å²) in [6.45, 7) is 4.89. The van der Waals surface area contributed by atoms with Crippen LogP contribution in [0.4, 0.5) is 0 Å². The summed E-state index contributed by atoms with van der Waals surface area (Å²) >= 11 is 4.07. The molecule has 7 atom stereocenters. The average molecular weight is 353 g/mol. The number of hydrogen-bond acceptors (Lipinski definition) is 1. The summed E-state index contributed by atoms with van der Waals surface area (Å²) in [6.07, 6.45) is 11.6. The first kappa shape index (κ1) is 14.7. The summed E-state index contributed by atoms with van der Waals surface area (Å²) in [5.41, 5.74) is 0.577. The number of hydrogen-bond donors (Lipinski definition) is 0. The second kappa shape index (κ2) is 4.82. The molecule has 1 nitrogen and oxygen atoms in total. The molecule has 0 bridgehead atoms. The van der Waals surface area contributed by atoms with Crippen molar-refractivity contribution in [3.05, 3.63) is 0 Å². The van der Waals surface area contributed by atoms with Crippen LogP contribution in [0.15, 0.2) is 0 Å². The maximum Gasteiger partial charge on any atom is 0.139 e. The summed E-state index contributed by atoms with van der Waals surface area (Å²) in [4.78, 5) is 13.1. The summed E-state index contributed by atoms with van der Waals surface area (Å²) in [6, 6.07) is 0. The summed E-state index contributed by atoms with van der Waals surface area (Å²) in [5.74, 6) is 3.84. The van der Waals surface area contributed by atoms with E-state index < -0.39 is 0 Å². The third-order valence-corrected chi connectivity index (χ3v) is 9.27. The molecule has 4 aliphatic rings. The fourth-order valence-electron chi connectivity index (χ4n) is 7.07. The standard InChI is InChI=1S/C19H29BrO/c1-18-9-4-3-5-15(18)16(20)11-12-13-6-7-17(21)19(13,2)10-8-14(12)18/h12-16H,3-11H2,1-2H3/t12-,13-,14-,15?,16-,18+,19-/m0/s1. The zero-order chi connectivity index (χ0) is 14.8.